The highest BCUT2D eigenvalue weighted by Gasteiger charge is 2.19. The van der Waals surface area contributed by atoms with Crippen molar-refractivity contribution in [3.8, 4) is 0 Å². The lowest BCUT2D eigenvalue weighted by Gasteiger charge is -2.35. The Kier molecular flexibility index (Phi) is 5.49. The summed E-state index contributed by atoms with van der Waals surface area (Å²) in [6, 6.07) is 1.23. The van der Waals surface area contributed by atoms with Gasteiger partial charge in [-0.1, -0.05) is 13.3 Å². The van der Waals surface area contributed by atoms with Crippen molar-refractivity contribution in [1.82, 2.24) is 4.90 Å². The van der Waals surface area contributed by atoms with Gasteiger partial charge in [-0.25, -0.2) is 0 Å². The fraction of sp³-hybridized carbons (Fsp3) is 1.00. The van der Waals surface area contributed by atoms with Crippen LogP contribution in [0.3, 0.4) is 0 Å². The van der Waals surface area contributed by atoms with Crippen LogP contribution in [-0.2, 0) is 0 Å². The second-order valence-corrected chi connectivity index (χ2v) is 4.71. The third kappa shape index (κ3) is 3.97. The predicted octanol–water partition coefficient (Wildman–Crippen LogP) is 2.38. The first-order valence-corrected chi connectivity index (χ1v) is 6.23. The summed E-state index contributed by atoms with van der Waals surface area (Å²) in [6.07, 6.45) is 8.00. The SMILES string of the molecule is CCC1CCCCN1CCCC(C)N. The van der Waals surface area contributed by atoms with Gasteiger partial charge in [0.25, 0.3) is 0 Å². The van der Waals surface area contributed by atoms with Crippen molar-refractivity contribution in [3.63, 3.8) is 0 Å². The molecule has 14 heavy (non-hydrogen) atoms. The first kappa shape index (κ1) is 12.0. The molecular weight excluding hydrogens is 172 g/mol. The molecule has 1 heterocycles. The molecule has 2 heteroatoms. The Morgan fingerprint density at radius 1 is 1.43 bits per heavy atom. The van der Waals surface area contributed by atoms with E-state index in [4.69, 9.17) is 5.73 Å². The van der Waals surface area contributed by atoms with Gasteiger partial charge in [-0.05, 0) is 52.1 Å². The number of rotatable bonds is 5. The van der Waals surface area contributed by atoms with Crippen molar-refractivity contribution < 1.29 is 0 Å². The maximum absolute atomic E-state index is 5.76. The predicted molar refractivity (Wildman–Crippen MR) is 62.4 cm³/mol. The zero-order valence-electron chi connectivity index (χ0n) is 9.84. The molecular formula is C12H26N2. The van der Waals surface area contributed by atoms with Crippen LogP contribution in [0.15, 0.2) is 0 Å². The molecule has 1 saturated heterocycles. The third-order valence-corrected chi connectivity index (χ3v) is 3.33. The van der Waals surface area contributed by atoms with E-state index in [1.807, 2.05) is 0 Å². The first-order chi connectivity index (χ1) is 6.74. The number of hydrogen-bond donors (Lipinski definition) is 1. The fourth-order valence-electron chi connectivity index (χ4n) is 2.43. The first-order valence-electron chi connectivity index (χ1n) is 6.23. The van der Waals surface area contributed by atoms with Gasteiger partial charge in [0.05, 0.1) is 0 Å². The highest BCUT2D eigenvalue weighted by molar-refractivity contribution is 4.75. The molecule has 0 saturated carbocycles. The second-order valence-electron chi connectivity index (χ2n) is 4.71. The normalized spacial score (nSPS) is 26.4. The molecule has 0 amide bonds. The van der Waals surface area contributed by atoms with Gasteiger partial charge in [-0.15, -0.1) is 0 Å². The summed E-state index contributed by atoms with van der Waals surface area (Å²) < 4.78 is 0. The number of likely N-dealkylation sites (tertiary alicyclic amines) is 1. The summed E-state index contributed by atoms with van der Waals surface area (Å²) in [7, 11) is 0. The summed E-state index contributed by atoms with van der Waals surface area (Å²) >= 11 is 0. The van der Waals surface area contributed by atoms with Crippen molar-refractivity contribution in [2.24, 2.45) is 5.73 Å². The Morgan fingerprint density at radius 2 is 2.21 bits per heavy atom. The van der Waals surface area contributed by atoms with Crippen LogP contribution in [0.5, 0.6) is 0 Å². The minimum Gasteiger partial charge on any atom is -0.328 e. The van der Waals surface area contributed by atoms with Crippen molar-refractivity contribution >= 4 is 0 Å². The molecule has 2 nitrogen and oxygen atoms in total. The van der Waals surface area contributed by atoms with E-state index < -0.39 is 0 Å². The highest BCUT2D eigenvalue weighted by atomic mass is 15.2. The van der Waals surface area contributed by atoms with E-state index in [2.05, 4.69) is 18.7 Å². The second kappa shape index (κ2) is 6.41. The molecule has 84 valence electrons. The standard InChI is InChI=1S/C12H26N2/c1-3-12-8-4-5-9-14(12)10-6-7-11(2)13/h11-12H,3-10,13H2,1-2H3. The Hall–Kier alpha value is -0.0800. The van der Waals surface area contributed by atoms with Crippen LogP contribution in [-0.4, -0.2) is 30.1 Å². The van der Waals surface area contributed by atoms with Crippen LogP contribution in [0.1, 0.15) is 52.4 Å². The molecule has 1 aliphatic rings. The van der Waals surface area contributed by atoms with E-state index in [1.165, 1.54) is 51.6 Å². The molecule has 1 rings (SSSR count). The van der Waals surface area contributed by atoms with Crippen molar-refractivity contribution in [2.75, 3.05) is 13.1 Å². The van der Waals surface area contributed by atoms with E-state index >= 15 is 0 Å². The van der Waals surface area contributed by atoms with Gasteiger partial charge in [0.2, 0.25) is 0 Å². The van der Waals surface area contributed by atoms with Gasteiger partial charge in [0.15, 0.2) is 0 Å². The molecule has 2 atom stereocenters. The van der Waals surface area contributed by atoms with Gasteiger partial charge in [0.1, 0.15) is 0 Å². The number of piperidine rings is 1. The molecule has 1 fully saturated rings. The number of nitrogens with two attached hydrogens (primary N) is 1. The molecule has 0 bridgehead atoms. The summed E-state index contributed by atoms with van der Waals surface area (Å²) in [5.74, 6) is 0. The molecule has 1 aliphatic heterocycles. The van der Waals surface area contributed by atoms with Crippen molar-refractivity contribution in [1.29, 1.82) is 0 Å². The molecule has 0 aromatic rings. The Morgan fingerprint density at radius 3 is 2.86 bits per heavy atom. The summed E-state index contributed by atoms with van der Waals surface area (Å²) in [5, 5.41) is 0. The molecule has 0 aromatic heterocycles. The lowest BCUT2D eigenvalue weighted by atomic mass is 9.99. The Bertz CT molecular complexity index is 145. The average Bonchev–Trinajstić information content (AvgIpc) is 2.18. The van der Waals surface area contributed by atoms with Crippen molar-refractivity contribution in [2.45, 2.75) is 64.5 Å². The maximum atomic E-state index is 5.76. The van der Waals surface area contributed by atoms with Gasteiger partial charge in [-0.3, -0.25) is 0 Å². The topological polar surface area (TPSA) is 29.3 Å². The lowest BCUT2D eigenvalue weighted by Crippen LogP contribution is -2.39. The van der Waals surface area contributed by atoms with E-state index in [1.54, 1.807) is 0 Å². The largest absolute Gasteiger partial charge is 0.328 e. The zero-order valence-corrected chi connectivity index (χ0v) is 9.84. The number of hydrogen-bond acceptors (Lipinski definition) is 2. The summed E-state index contributed by atoms with van der Waals surface area (Å²) in [4.78, 5) is 2.67. The highest BCUT2D eigenvalue weighted by Crippen LogP contribution is 2.19. The van der Waals surface area contributed by atoms with E-state index in [-0.39, 0.29) is 0 Å². The maximum Gasteiger partial charge on any atom is 0.00926 e. The third-order valence-electron chi connectivity index (χ3n) is 3.33. The molecule has 0 spiro atoms. The van der Waals surface area contributed by atoms with Crippen LogP contribution in [0, 0.1) is 0 Å². The van der Waals surface area contributed by atoms with Crippen molar-refractivity contribution in [3.05, 3.63) is 0 Å². The smallest absolute Gasteiger partial charge is 0.00926 e. The zero-order chi connectivity index (χ0) is 10.4. The fourth-order valence-corrected chi connectivity index (χ4v) is 2.43. The molecule has 0 radical (unpaired) electrons. The average molecular weight is 198 g/mol. The van der Waals surface area contributed by atoms with Crippen LogP contribution in [0.4, 0.5) is 0 Å². The van der Waals surface area contributed by atoms with Crippen LogP contribution >= 0.6 is 0 Å². The summed E-state index contributed by atoms with van der Waals surface area (Å²) in [6.45, 7) is 7.00. The number of nitrogens with zero attached hydrogens (tertiary/aromatic N) is 1. The monoisotopic (exact) mass is 198 g/mol. The minimum atomic E-state index is 0.375. The van der Waals surface area contributed by atoms with Gasteiger partial charge in [0, 0.05) is 12.1 Å². The van der Waals surface area contributed by atoms with Gasteiger partial charge in [-0.2, -0.15) is 0 Å². The quantitative estimate of drug-likeness (QED) is 0.735. The van der Waals surface area contributed by atoms with Crippen LogP contribution in [0.25, 0.3) is 0 Å². The van der Waals surface area contributed by atoms with Gasteiger partial charge < -0.3 is 10.6 Å². The van der Waals surface area contributed by atoms with Gasteiger partial charge >= 0.3 is 0 Å². The minimum absolute atomic E-state index is 0.375. The molecule has 0 aliphatic carbocycles. The molecule has 0 aromatic carbocycles. The van der Waals surface area contributed by atoms with Crippen LogP contribution in [0.2, 0.25) is 0 Å². The Labute approximate surface area is 88.8 Å². The van der Waals surface area contributed by atoms with Crippen LogP contribution < -0.4 is 5.73 Å². The Balaban J connectivity index is 2.19. The van der Waals surface area contributed by atoms with E-state index in [0.717, 1.165) is 6.04 Å². The molecule has 2 unspecified atom stereocenters. The van der Waals surface area contributed by atoms with E-state index in [9.17, 15) is 0 Å². The summed E-state index contributed by atoms with van der Waals surface area (Å²) in [5.41, 5.74) is 5.76. The lowest BCUT2D eigenvalue weighted by molar-refractivity contribution is 0.141. The van der Waals surface area contributed by atoms with E-state index in [0.29, 0.717) is 6.04 Å². The molecule has 2 N–H and O–H groups in total.